The fourth-order valence-corrected chi connectivity index (χ4v) is 1.57. The van der Waals surface area contributed by atoms with E-state index >= 15 is 0 Å². The molecule has 0 unspecified atom stereocenters. The van der Waals surface area contributed by atoms with Gasteiger partial charge < -0.3 is 5.21 Å². The molecular weight excluding hydrogens is 138 g/mol. The van der Waals surface area contributed by atoms with Gasteiger partial charge in [0.05, 0.1) is 0 Å². The quantitative estimate of drug-likeness (QED) is 0.373. The fourth-order valence-electron chi connectivity index (χ4n) is 1.57. The summed E-state index contributed by atoms with van der Waals surface area (Å²) < 4.78 is 0. The molecule has 0 aliphatic heterocycles. The molecule has 2 nitrogen and oxygen atoms in total. The molecule has 66 valence electrons. The number of nitrogens with zero attached hydrogens (tertiary/aromatic N) is 1. The van der Waals surface area contributed by atoms with Gasteiger partial charge in [-0.15, -0.1) is 5.16 Å². The molecule has 0 rings (SSSR count). The summed E-state index contributed by atoms with van der Waals surface area (Å²) in [6, 6.07) is 0. The molecule has 0 aliphatic rings. The van der Waals surface area contributed by atoms with Gasteiger partial charge >= 0.3 is 0 Å². The van der Waals surface area contributed by atoms with Crippen LogP contribution in [0, 0.1) is 10.8 Å². The van der Waals surface area contributed by atoms with Crippen LogP contribution >= 0.6 is 0 Å². The van der Waals surface area contributed by atoms with Crippen LogP contribution in [-0.2, 0) is 0 Å². The van der Waals surface area contributed by atoms with Crippen LogP contribution in [0.1, 0.15) is 41.0 Å². The lowest BCUT2D eigenvalue weighted by molar-refractivity contribution is 0.268. The third-order valence-electron chi connectivity index (χ3n) is 1.39. The van der Waals surface area contributed by atoms with Crippen molar-refractivity contribution >= 4 is 6.21 Å². The molecule has 0 amide bonds. The van der Waals surface area contributed by atoms with Crippen molar-refractivity contribution in [2.75, 3.05) is 0 Å². The minimum Gasteiger partial charge on any atom is -0.411 e. The fraction of sp³-hybridized carbons (Fsp3) is 0.889. The predicted octanol–water partition coefficient (Wildman–Crippen LogP) is 2.91. The van der Waals surface area contributed by atoms with Crippen molar-refractivity contribution in [3.8, 4) is 0 Å². The average Bonchev–Trinajstić information content (AvgIpc) is 1.55. The van der Waals surface area contributed by atoms with E-state index in [1.54, 1.807) is 6.21 Å². The zero-order chi connectivity index (χ0) is 9.12. The maximum absolute atomic E-state index is 8.37. The van der Waals surface area contributed by atoms with Crippen LogP contribution < -0.4 is 0 Å². The van der Waals surface area contributed by atoms with Crippen molar-refractivity contribution in [1.82, 2.24) is 0 Å². The molecule has 0 bridgehead atoms. The average molecular weight is 157 g/mol. The Balaban J connectivity index is 4.13. The molecular formula is C9H19NO. The third kappa shape index (κ3) is 5.89. The zero-order valence-electron chi connectivity index (χ0n) is 8.18. The first-order valence-corrected chi connectivity index (χ1v) is 3.95. The summed E-state index contributed by atoms with van der Waals surface area (Å²) in [6.45, 7) is 10.7. The van der Waals surface area contributed by atoms with Gasteiger partial charge in [0, 0.05) is 11.6 Å². The lowest BCUT2D eigenvalue weighted by atomic mass is 9.77. The van der Waals surface area contributed by atoms with E-state index in [0.717, 1.165) is 6.42 Å². The Hall–Kier alpha value is -0.530. The maximum Gasteiger partial charge on any atom is 0.0492 e. The van der Waals surface area contributed by atoms with Crippen LogP contribution in [0.15, 0.2) is 5.16 Å². The molecule has 0 atom stereocenters. The summed E-state index contributed by atoms with van der Waals surface area (Å²) in [5, 5.41) is 11.4. The summed E-state index contributed by atoms with van der Waals surface area (Å²) >= 11 is 0. The second-order valence-electron chi connectivity index (χ2n) is 4.97. The molecule has 0 aromatic carbocycles. The number of oxime groups is 1. The molecule has 11 heavy (non-hydrogen) atoms. The number of rotatable bonds is 2. The van der Waals surface area contributed by atoms with Gasteiger partial charge in [0.25, 0.3) is 0 Å². The highest BCUT2D eigenvalue weighted by atomic mass is 16.4. The van der Waals surface area contributed by atoms with Gasteiger partial charge in [-0.3, -0.25) is 0 Å². The van der Waals surface area contributed by atoms with E-state index in [-0.39, 0.29) is 10.8 Å². The third-order valence-corrected chi connectivity index (χ3v) is 1.39. The van der Waals surface area contributed by atoms with E-state index < -0.39 is 0 Å². The SMILES string of the molecule is CC(C)(C)CC(C)(C)C=NO. The Morgan fingerprint density at radius 1 is 1.18 bits per heavy atom. The van der Waals surface area contributed by atoms with Gasteiger partial charge in [-0.2, -0.15) is 0 Å². The van der Waals surface area contributed by atoms with E-state index in [9.17, 15) is 0 Å². The molecule has 0 aromatic rings. The Labute approximate surface area is 69.3 Å². The van der Waals surface area contributed by atoms with Crippen LogP contribution in [-0.4, -0.2) is 11.4 Å². The van der Waals surface area contributed by atoms with Crippen LogP contribution in [0.2, 0.25) is 0 Å². The van der Waals surface area contributed by atoms with Crippen molar-refractivity contribution in [3.63, 3.8) is 0 Å². The summed E-state index contributed by atoms with van der Waals surface area (Å²) in [5.74, 6) is 0. The molecule has 0 saturated carbocycles. The van der Waals surface area contributed by atoms with Crippen molar-refractivity contribution in [1.29, 1.82) is 0 Å². The molecule has 0 radical (unpaired) electrons. The zero-order valence-corrected chi connectivity index (χ0v) is 8.18. The van der Waals surface area contributed by atoms with Gasteiger partial charge in [0.15, 0.2) is 0 Å². The first-order chi connectivity index (χ1) is 4.77. The molecule has 1 N–H and O–H groups in total. The number of hydrogen-bond acceptors (Lipinski definition) is 2. The highest BCUT2D eigenvalue weighted by Crippen LogP contribution is 2.31. The van der Waals surface area contributed by atoms with Crippen LogP contribution in [0.3, 0.4) is 0 Å². The van der Waals surface area contributed by atoms with Crippen LogP contribution in [0.4, 0.5) is 0 Å². The molecule has 0 saturated heterocycles. The highest BCUT2D eigenvalue weighted by molar-refractivity contribution is 5.63. The summed E-state index contributed by atoms with van der Waals surface area (Å²) in [4.78, 5) is 0. The smallest absolute Gasteiger partial charge is 0.0492 e. The van der Waals surface area contributed by atoms with E-state index in [1.165, 1.54) is 0 Å². The maximum atomic E-state index is 8.37. The topological polar surface area (TPSA) is 32.6 Å². The Morgan fingerprint density at radius 3 is 1.91 bits per heavy atom. The van der Waals surface area contributed by atoms with Gasteiger partial charge in [0.2, 0.25) is 0 Å². The Morgan fingerprint density at radius 2 is 1.64 bits per heavy atom. The Kier molecular flexibility index (Phi) is 3.09. The van der Waals surface area contributed by atoms with Crippen LogP contribution in [0.25, 0.3) is 0 Å². The molecule has 2 heteroatoms. The predicted molar refractivity (Wildman–Crippen MR) is 48.1 cm³/mol. The second kappa shape index (κ2) is 3.24. The molecule has 0 aromatic heterocycles. The van der Waals surface area contributed by atoms with Crippen molar-refractivity contribution in [3.05, 3.63) is 0 Å². The minimum absolute atomic E-state index is 0.00694. The largest absolute Gasteiger partial charge is 0.411 e. The van der Waals surface area contributed by atoms with Gasteiger partial charge in [-0.05, 0) is 11.8 Å². The monoisotopic (exact) mass is 157 g/mol. The first-order valence-electron chi connectivity index (χ1n) is 3.95. The van der Waals surface area contributed by atoms with E-state index in [0.29, 0.717) is 0 Å². The van der Waals surface area contributed by atoms with Crippen molar-refractivity contribution in [2.24, 2.45) is 16.0 Å². The molecule has 0 spiro atoms. The van der Waals surface area contributed by atoms with E-state index in [2.05, 4.69) is 39.8 Å². The van der Waals surface area contributed by atoms with E-state index in [1.807, 2.05) is 0 Å². The lowest BCUT2D eigenvalue weighted by Crippen LogP contribution is -2.21. The van der Waals surface area contributed by atoms with E-state index in [4.69, 9.17) is 5.21 Å². The van der Waals surface area contributed by atoms with Crippen molar-refractivity contribution in [2.45, 2.75) is 41.0 Å². The molecule has 0 heterocycles. The summed E-state index contributed by atoms with van der Waals surface area (Å²) in [6.07, 6.45) is 2.61. The number of hydrogen-bond donors (Lipinski definition) is 1. The molecule has 0 aliphatic carbocycles. The lowest BCUT2D eigenvalue weighted by Gasteiger charge is -2.28. The summed E-state index contributed by atoms with van der Waals surface area (Å²) in [7, 11) is 0. The Bertz CT molecular complexity index is 142. The highest BCUT2D eigenvalue weighted by Gasteiger charge is 2.23. The van der Waals surface area contributed by atoms with Gasteiger partial charge in [-0.1, -0.05) is 34.6 Å². The van der Waals surface area contributed by atoms with Crippen molar-refractivity contribution < 1.29 is 5.21 Å². The van der Waals surface area contributed by atoms with Gasteiger partial charge in [-0.25, -0.2) is 0 Å². The second-order valence-corrected chi connectivity index (χ2v) is 4.97. The summed E-state index contributed by atoms with van der Waals surface area (Å²) in [5.41, 5.74) is 0.275. The van der Waals surface area contributed by atoms with Gasteiger partial charge in [0.1, 0.15) is 0 Å². The normalized spacial score (nSPS) is 14.3. The van der Waals surface area contributed by atoms with Crippen LogP contribution in [0.5, 0.6) is 0 Å². The standard InChI is InChI=1S/C9H19NO/c1-8(2,3)6-9(4,5)7-10-11/h7,11H,6H2,1-5H3. The first kappa shape index (κ1) is 10.5. The minimum atomic E-state index is -0.00694. The molecule has 0 fully saturated rings.